The molecule has 4 aromatic rings. The molecule has 4 rings (SSSR count). The lowest BCUT2D eigenvalue weighted by Gasteiger charge is -2.20. The van der Waals surface area contributed by atoms with Crippen LogP contribution in [0.1, 0.15) is 39.5 Å². The maximum Gasteiger partial charge on any atom is 0.260 e. The minimum Gasteiger partial charge on any atom is -0.279 e. The number of hydrogen-bond acceptors (Lipinski definition) is 3. The van der Waals surface area contributed by atoms with Gasteiger partial charge < -0.3 is 0 Å². The van der Waals surface area contributed by atoms with Crippen molar-refractivity contribution in [3.05, 3.63) is 94.5 Å². The fourth-order valence-corrected chi connectivity index (χ4v) is 4.57. The summed E-state index contributed by atoms with van der Waals surface area (Å²) in [6, 6.07) is 22.4. The molecule has 0 aliphatic carbocycles. The molecule has 146 valence electrons. The van der Waals surface area contributed by atoms with Crippen LogP contribution < -0.4 is 4.90 Å². The van der Waals surface area contributed by atoms with E-state index in [9.17, 15) is 4.79 Å². The van der Waals surface area contributed by atoms with Crippen LogP contribution in [0.2, 0.25) is 0 Å². The zero-order valence-corrected chi connectivity index (χ0v) is 17.8. The van der Waals surface area contributed by atoms with Crippen LogP contribution in [-0.4, -0.2) is 10.9 Å². The molecule has 3 nitrogen and oxygen atoms in total. The van der Waals surface area contributed by atoms with E-state index in [0.717, 1.165) is 38.5 Å². The molecular formula is C25H24N2OS. The lowest BCUT2D eigenvalue weighted by Crippen LogP contribution is -2.30. The van der Waals surface area contributed by atoms with Gasteiger partial charge in [0, 0.05) is 5.56 Å². The number of carbonyl (C=O) groups is 1. The number of benzene rings is 3. The number of amides is 1. The van der Waals surface area contributed by atoms with E-state index in [1.54, 1.807) is 16.2 Å². The van der Waals surface area contributed by atoms with Gasteiger partial charge in [0.2, 0.25) is 0 Å². The number of thiazole rings is 1. The smallest absolute Gasteiger partial charge is 0.260 e. The van der Waals surface area contributed by atoms with Crippen LogP contribution in [0.3, 0.4) is 0 Å². The number of anilines is 1. The van der Waals surface area contributed by atoms with Crippen LogP contribution in [0.25, 0.3) is 10.2 Å². The van der Waals surface area contributed by atoms with Gasteiger partial charge in [0.05, 0.1) is 16.8 Å². The van der Waals surface area contributed by atoms with Gasteiger partial charge in [-0.2, -0.15) is 0 Å². The first-order valence-corrected chi connectivity index (χ1v) is 10.7. The normalized spacial score (nSPS) is 11.0. The van der Waals surface area contributed by atoms with Gasteiger partial charge in [-0.05, 0) is 55.7 Å². The highest BCUT2D eigenvalue weighted by atomic mass is 32.1. The molecule has 1 amide bonds. The first-order chi connectivity index (χ1) is 14.0. The van der Waals surface area contributed by atoms with Crippen molar-refractivity contribution in [3.63, 3.8) is 0 Å². The summed E-state index contributed by atoms with van der Waals surface area (Å²) < 4.78 is 1.12. The number of aryl methyl sites for hydroxylation is 3. The highest BCUT2D eigenvalue weighted by Gasteiger charge is 2.22. The Morgan fingerprint density at radius 2 is 1.66 bits per heavy atom. The van der Waals surface area contributed by atoms with Gasteiger partial charge >= 0.3 is 0 Å². The summed E-state index contributed by atoms with van der Waals surface area (Å²) in [6.07, 6.45) is 0.985. The van der Waals surface area contributed by atoms with Crippen LogP contribution in [0.15, 0.2) is 66.7 Å². The van der Waals surface area contributed by atoms with Crippen LogP contribution in [-0.2, 0) is 13.0 Å². The van der Waals surface area contributed by atoms with E-state index in [1.165, 1.54) is 5.56 Å². The van der Waals surface area contributed by atoms with Crippen LogP contribution in [0, 0.1) is 13.8 Å². The molecule has 0 radical (unpaired) electrons. The Bertz CT molecular complexity index is 1140. The highest BCUT2D eigenvalue weighted by molar-refractivity contribution is 7.22. The Morgan fingerprint density at radius 3 is 2.34 bits per heavy atom. The van der Waals surface area contributed by atoms with Crippen molar-refractivity contribution in [1.29, 1.82) is 0 Å². The van der Waals surface area contributed by atoms with Crippen molar-refractivity contribution >= 4 is 32.6 Å². The minimum absolute atomic E-state index is 0.0181. The number of hydrogen-bond donors (Lipinski definition) is 0. The Kier molecular flexibility index (Phi) is 5.45. The van der Waals surface area contributed by atoms with Gasteiger partial charge in [0.15, 0.2) is 5.13 Å². The first kappa shape index (κ1) is 19.3. The highest BCUT2D eigenvalue weighted by Crippen LogP contribution is 2.32. The third-order valence-corrected chi connectivity index (χ3v) is 6.02. The van der Waals surface area contributed by atoms with Gasteiger partial charge in [-0.3, -0.25) is 9.69 Å². The summed E-state index contributed by atoms with van der Waals surface area (Å²) >= 11 is 1.58. The number of rotatable bonds is 5. The van der Waals surface area contributed by atoms with E-state index < -0.39 is 0 Å². The topological polar surface area (TPSA) is 33.2 Å². The number of fused-ring (bicyclic) bond motifs is 1. The summed E-state index contributed by atoms with van der Waals surface area (Å²) in [5.74, 6) is -0.0181. The Hall–Kier alpha value is -2.98. The summed E-state index contributed by atoms with van der Waals surface area (Å²) in [5.41, 5.74) is 6.18. The average Bonchev–Trinajstić information content (AvgIpc) is 3.14. The SMILES string of the molecule is CCc1ccc2nc(N(Cc3ccccc3)C(=O)c3cc(C)cc(C)c3)sc2c1. The molecule has 0 spiro atoms. The second kappa shape index (κ2) is 8.18. The zero-order valence-electron chi connectivity index (χ0n) is 17.0. The molecule has 0 N–H and O–H groups in total. The summed E-state index contributed by atoms with van der Waals surface area (Å²) in [7, 11) is 0. The third kappa shape index (κ3) is 4.22. The molecule has 1 heterocycles. The second-order valence-electron chi connectivity index (χ2n) is 7.41. The van der Waals surface area contributed by atoms with E-state index in [-0.39, 0.29) is 5.91 Å². The Labute approximate surface area is 175 Å². The van der Waals surface area contributed by atoms with E-state index in [0.29, 0.717) is 12.1 Å². The molecule has 0 aliphatic heterocycles. The first-order valence-electron chi connectivity index (χ1n) is 9.87. The number of aromatic nitrogens is 1. The maximum atomic E-state index is 13.5. The van der Waals surface area contributed by atoms with Crippen molar-refractivity contribution in [2.75, 3.05) is 4.90 Å². The fraction of sp³-hybridized carbons (Fsp3) is 0.200. The zero-order chi connectivity index (χ0) is 20.4. The molecule has 0 unspecified atom stereocenters. The lowest BCUT2D eigenvalue weighted by molar-refractivity contribution is 0.0985. The average molecular weight is 401 g/mol. The summed E-state index contributed by atoms with van der Waals surface area (Å²) in [6.45, 7) is 6.69. The van der Waals surface area contributed by atoms with Crippen molar-refractivity contribution in [2.24, 2.45) is 0 Å². The molecule has 0 saturated carbocycles. The van der Waals surface area contributed by atoms with Crippen molar-refractivity contribution in [1.82, 2.24) is 4.98 Å². The van der Waals surface area contributed by atoms with Crippen LogP contribution in [0.5, 0.6) is 0 Å². The van der Waals surface area contributed by atoms with Crippen LogP contribution in [0.4, 0.5) is 5.13 Å². The maximum absolute atomic E-state index is 13.5. The summed E-state index contributed by atoms with van der Waals surface area (Å²) in [5, 5.41) is 0.737. The fourth-order valence-electron chi connectivity index (χ4n) is 3.54. The van der Waals surface area contributed by atoms with Crippen LogP contribution >= 0.6 is 11.3 Å². The van der Waals surface area contributed by atoms with Gasteiger partial charge in [-0.1, -0.05) is 71.9 Å². The lowest BCUT2D eigenvalue weighted by atomic mass is 10.1. The monoisotopic (exact) mass is 400 g/mol. The second-order valence-corrected chi connectivity index (χ2v) is 8.41. The Morgan fingerprint density at radius 1 is 0.931 bits per heavy atom. The predicted octanol–water partition coefficient (Wildman–Crippen LogP) is 6.32. The molecular weight excluding hydrogens is 376 g/mol. The van der Waals surface area contributed by atoms with E-state index in [2.05, 4.69) is 31.2 Å². The van der Waals surface area contributed by atoms with E-state index in [1.807, 2.05) is 56.3 Å². The number of carbonyl (C=O) groups excluding carboxylic acids is 1. The van der Waals surface area contributed by atoms with Crippen molar-refractivity contribution in [3.8, 4) is 0 Å². The van der Waals surface area contributed by atoms with Crippen molar-refractivity contribution in [2.45, 2.75) is 33.7 Å². The molecule has 0 aliphatic rings. The molecule has 0 fully saturated rings. The van der Waals surface area contributed by atoms with Crippen molar-refractivity contribution < 1.29 is 4.79 Å². The van der Waals surface area contributed by atoms with Gasteiger partial charge in [-0.15, -0.1) is 0 Å². The molecule has 0 bridgehead atoms. The molecule has 0 saturated heterocycles. The van der Waals surface area contributed by atoms with Gasteiger partial charge in [0.25, 0.3) is 5.91 Å². The summed E-state index contributed by atoms with van der Waals surface area (Å²) in [4.78, 5) is 20.2. The largest absolute Gasteiger partial charge is 0.279 e. The quantitative estimate of drug-likeness (QED) is 0.392. The van der Waals surface area contributed by atoms with Gasteiger partial charge in [-0.25, -0.2) is 4.98 Å². The molecule has 0 atom stereocenters. The molecule has 29 heavy (non-hydrogen) atoms. The molecule has 1 aromatic heterocycles. The molecule has 3 aromatic carbocycles. The van der Waals surface area contributed by atoms with E-state index >= 15 is 0 Å². The standard InChI is InChI=1S/C25H24N2OS/c1-4-19-10-11-22-23(15-19)29-25(26-22)27(16-20-8-6-5-7-9-20)24(28)21-13-17(2)12-18(3)14-21/h5-15H,4,16H2,1-3H3. The third-order valence-electron chi connectivity index (χ3n) is 4.98. The number of nitrogens with zero attached hydrogens (tertiary/aromatic N) is 2. The Balaban J connectivity index is 1.78. The predicted molar refractivity (Wildman–Crippen MR) is 122 cm³/mol. The van der Waals surface area contributed by atoms with Gasteiger partial charge in [0.1, 0.15) is 0 Å². The molecule has 4 heteroatoms. The minimum atomic E-state index is -0.0181. The van der Waals surface area contributed by atoms with E-state index in [4.69, 9.17) is 4.98 Å².